The second kappa shape index (κ2) is 7.38. The predicted molar refractivity (Wildman–Crippen MR) is 98.4 cm³/mol. The van der Waals surface area contributed by atoms with Crippen molar-refractivity contribution >= 4 is 5.57 Å². The van der Waals surface area contributed by atoms with E-state index in [9.17, 15) is 14.6 Å². The summed E-state index contributed by atoms with van der Waals surface area (Å²) in [5.74, 6) is 0.482. The number of ether oxygens (including phenoxy) is 2. The molecule has 1 atom stereocenters. The molecule has 5 heteroatoms. The van der Waals surface area contributed by atoms with Gasteiger partial charge in [-0.15, -0.1) is 0 Å². The molecule has 0 radical (unpaired) electrons. The molecule has 0 fully saturated rings. The van der Waals surface area contributed by atoms with E-state index in [-0.39, 0.29) is 24.1 Å². The van der Waals surface area contributed by atoms with Gasteiger partial charge >= 0.3 is 0 Å². The average molecular weight is 358 g/mol. The molecule has 1 aliphatic rings. The lowest BCUT2D eigenvalue weighted by Gasteiger charge is -2.17. The average Bonchev–Trinajstić information content (AvgIpc) is 2.88. The normalized spacial score (nSPS) is 16.0. The Hall–Kier alpha value is -2.53. The first-order chi connectivity index (χ1) is 12.5. The van der Waals surface area contributed by atoms with Gasteiger partial charge in [0, 0.05) is 12.5 Å². The zero-order chi connectivity index (χ0) is 18.8. The minimum absolute atomic E-state index is 0.0240. The number of aliphatic hydroxyl groups excluding tert-OH is 1. The van der Waals surface area contributed by atoms with Crippen LogP contribution < -0.4 is 9.47 Å². The second-order valence-corrected chi connectivity index (χ2v) is 6.47. The standard InChI is InChI=1S/C21H23FO4/c1-12-15(6-7-23)18-11-14(22)4-5-16(18)17(12)8-13-9-19(25-2)21(24)20(10-13)26-3/h4-5,9-11,17,23-24H,6-8H2,1-3H3. The number of hydrogen-bond donors (Lipinski definition) is 2. The van der Waals surface area contributed by atoms with Crippen molar-refractivity contribution in [1.82, 2.24) is 0 Å². The molecular formula is C21H23FO4. The molecule has 1 unspecified atom stereocenters. The van der Waals surface area contributed by atoms with Gasteiger partial charge in [0.1, 0.15) is 5.82 Å². The van der Waals surface area contributed by atoms with Crippen LogP contribution in [0.15, 0.2) is 35.9 Å². The van der Waals surface area contributed by atoms with Gasteiger partial charge in [-0.25, -0.2) is 4.39 Å². The number of phenols is 1. The minimum Gasteiger partial charge on any atom is -0.502 e. The number of halogens is 1. The molecular weight excluding hydrogens is 335 g/mol. The summed E-state index contributed by atoms with van der Waals surface area (Å²) in [4.78, 5) is 0. The first kappa shape index (κ1) is 18.3. The molecule has 0 aromatic heterocycles. The van der Waals surface area contributed by atoms with Crippen LogP contribution in [0, 0.1) is 5.82 Å². The second-order valence-electron chi connectivity index (χ2n) is 6.47. The smallest absolute Gasteiger partial charge is 0.200 e. The van der Waals surface area contributed by atoms with Crippen molar-refractivity contribution in [3.63, 3.8) is 0 Å². The highest BCUT2D eigenvalue weighted by Crippen LogP contribution is 2.46. The third kappa shape index (κ3) is 3.15. The molecule has 4 nitrogen and oxygen atoms in total. The molecule has 0 saturated heterocycles. The Balaban J connectivity index is 2.03. The number of allylic oxidation sites excluding steroid dienone is 1. The van der Waals surface area contributed by atoms with Crippen molar-refractivity contribution in [2.45, 2.75) is 25.7 Å². The van der Waals surface area contributed by atoms with E-state index in [0.717, 1.165) is 27.8 Å². The monoisotopic (exact) mass is 358 g/mol. The van der Waals surface area contributed by atoms with Gasteiger partial charge in [-0.1, -0.05) is 11.6 Å². The Morgan fingerprint density at radius 2 is 1.73 bits per heavy atom. The van der Waals surface area contributed by atoms with E-state index in [0.29, 0.717) is 24.3 Å². The summed E-state index contributed by atoms with van der Waals surface area (Å²) in [5.41, 5.74) is 5.01. The Morgan fingerprint density at radius 1 is 1.08 bits per heavy atom. The molecule has 2 N–H and O–H groups in total. The Labute approximate surface area is 152 Å². The predicted octanol–water partition coefficient (Wildman–Crippen LogP) is 4.04. The van der Waals surface area contributed by atoms with Crippen LogP contribution in [-0.2, 0) is 6.42 Å². The maximum atomic E-state index is 13.8. The summed E-state index contributed by atoms with van der Waals surface area (Å²) in [7, 11) is 2.99. The molecule has 2 aromatic rings. The first-order valence-electron chi connectivity index (χ1n) is 8.54. The van der Waals surface area contributed by atoms with Crippen LogP contribution in [0.1, 0.15) is 36.0 Å². The highest BCUT2D eigenvalue weighted by atomic mass is 19.1. The number of benzene rings is 2. The number of fused-ring (bicyclic) bond motifs is 1. The number of rotatable bonds is 6. The van der Waals surface area contributed by atoms with Gasteiger partial charge in [-0.2, -0.15) is 0 Å². The summed E-state index contributed by atoms with van der Waals surface area (Å²) in [5, 5.41) is 19.5. The molecule has 0 aliphatic heterocycles. The maximum Gasteiger partial charge on any atom is 0.200 e. The van der Waals surface area contributed by atoms with Crippen LogP contribution in [0.4, 0.5) is 4.39 Å². The van der Waals surface area contributed by atoms with Gasteiger partial charge in [0.05, 0.1) is 14.2 Å². The third-order valence-electron chi connectivity index (χ3n) is 5.06. The zero-order valence-corrected chi connectivity index (χ0v) is 15.2. The van der Waals surface area contributed by atoms with Gasteiger partial charge in [-0.05, 0) is 66.3 Å². The van der Waals surface area contributed by atoms with Crippen molar-refractivity contribution < 1.29 is 24.1 Å². The van der Waals surface area contributed by atoms with E-state index < -0.39 is 0 Å². The summed E-state index contributed by atoms with van der Waals surface area (Å²) in [6, 6.07) is 8.41. The van der Waals surface area contributed by atoms with Gasteiger partial charge in [0.2, 0.25) is 5.75 Å². The molecule has 2 aromatic carbocycles. The largest absolute Gasteiger partial charge is 0.502 e. The fourth-order valence-electron chi connectivity index (χ4n) is 3.76. The van der Waals surface area contributed by atoms with Crippen LogP contribution in [-0.4, -0.2) is 31.0 Å². The van der Waals surface area contributed by atoms with E-state index in [2.05, 4.69) is 0 Å². The molecule has 138 valence electrons. The SMILES string of the molecule is COc1cc(CC2C(C)=C(CCO)c3cc(F)ccc32)cc(OC)c1O. The molecule has 0 amide bonds. The lowest BCUT2D eigenvalue weighted by Crippen LogP contribution is -2.03. The van der Waals surface area contributed by atoms with Crippen LogP contribution in [0.25, 0.3) is 5.57 Å². The number of phenolic OH excluding ortho intramolecular Hbond substituents is 1. The molecule has 0 bridgehead atoms. The highest BCUT2D eigenvalue weighted by molar-refractivity contribution is 5.78. The van der Waals surface area contributed by atoms with Crippen LogP contribution in [0.3, 0.4) is 0 Å². The van der Waals surface area contributed by atoms with Crippen molar-refractivity contribution in [2.75, 3.05) is 20.8 Å². The molecule has 0 saturated carbocycles. The quantitative estimate of drug-likeness (QED) is 0.818. The van der Waals surface area contributed by atoms with E-state index in [4.69, 9.17) is 9.47 Å². The van der Waals surface area contributed by atoms with E-state index >= 15 is 0 Å². The molecule has 3 rings (SSSR count). The Bertz CT molecular complexity index is 832. The third-order valence-corrected chi connectivity index (χ3v) is 5.06. The lowest BCUT2D eigenvalue weighted by molar-refractivity contribution is 0.305. The minimum atomic E-state index is -0.277. The lowest BCUT2D eigenvalue weighted by atomic mass is 9.89. The molecule has 26 heavy (non-hydrogen) atoms. The molecule has 0 heterocycles. The maximum absolute atomic E-state index is 13.8. The summed E-state index contributed by atoms with van der Waals surface area (Å²) in [6.45, 7) is 2.05. The van der Waals surface area contributed by atoms with Gasteiger partial charge < -0.3 is 19.7 Å². The van der Waals surface area contributed by atoms with Crippen molar-refractivity contribution in [3.05, 3.63) is 58.4 Å². The molecule has 1 aliphatic carbocycles. The van der Waals surface area contributed by atoms with Crippen molar-refractivity contribution in [2.24, 2.45) is 0 Å². The van der Waals surface area contributed by atoms with E-state index in [1.165, 1.54) is 20.3 Å². The topological polar surface area (TPSA) is 58.9 Å². The summed E-state index contributed by atoms with van der Waals surface area (Å²) in [6.07, 6.45) is 1.16. The number of methoxy groups -OCH3 is 2. The Kier molecular flexibility index (Phi) is 5.18. The number of hydrogen-bond acceptors (Lipinski definition) is 4. The fraction of sp³-hybridized carbons (Fsp3) is 0.333. The van der Waals surface area contributed by atoms with Crippen molar-refractivity contribution in [3.8, 4) is 17.2 Å². The fourth-order valence-corrected chi connectivity index (χ4v) is 3.76. The highest BCUT2D eigenvalue weighted by Gasteiger charge is 2.29. The summed E-state index contributed by atoms with van der Waals surface area (Å²) >= 11 is 0. The zero-order valence-electron chi connectivity index (χ0n) is 15.2. The van der Waals surface area contributed by atoms with E-state index in [1.54, 1.807) is 18.2 Å². The number of aromatic hydroxyl groups is 1. The molecule has 0 spiro atoms. The van der Waals surface area contributed by atoms with Gasteiger partial charge in [0.15, 0.2) is 11.5 Å². The van der Waals surface area contributed by atoms with Gasteiger partial charge in [-0.3, -0.25) is 0 Å². The van der Waals surface area contributed by atoms with Crippen LogP contribution in [0.2, 0.25) is 0 Å². The summed E-state index contributed by atoms with van der Waals surface area (Å²) < 4.78 is 24.2. The van der Waals surface area contributed by atoms with Crippen LogP contribution in [0.5, 0.6) is 17.2 Å². The number of aliphatic hydroxyl groups is 1. The van der Waals surface area contributed by atoms with E-state index in [1.807, 2.05) is 13.0 Å². The van der Waals surface area contributed by atoms with Crippen LogP contribution >= 0.6 is 0 Å². The van der Waals surface area contributed by atoms with Gasteiger partial charge in [0.25, 0.3) is 0 Å². The van der Waals surface area contributed by atoms with Crippen molar-refractivity contribution in [1.29, 1.82) is 0 Å². The Morgan fingerprint density at radius 3 is 2.31 bits per heavy atom. The first-order valence-corrected chi connectivity index (χ1v) is 8.54.